The van der Waals surface area contributed by atoms with Crippen LogP contribution in [0, 0.1) is 0 Å². The summed E-state index contributed by atoms with van der Waals surface area (Å²) in [5, 5.41) is 3.57. The number of aromatic amines is 1. The summed E-state index contributed by atoms with van der Waals surface area (Å²) in [5.41, 5.74) is 2.17. The van der Waals surface area contributed by atoms with Crippen molar-refractivity contribution in [3.63, 3.8) is 0 Å². The van der Waals surface area contributed by atoms with Gasteiger partial charge in [-0.3, -0.25) is 9.59 Å². The maximum atomic E-state index is 12.8. The van der Waals surface area contributed by atoms with Crippen molar-refractivity contribution in [3.8, 4) is 0 Å². The van der Waals surface area contributed by atoms with E-state index >= 15 is 0 Å². The Morgan fingerprint density at radius 1 is 1.09 bits per heavy atom. The van der Waals surface area contributed by atoms with Crippen LogP contribution in [0.15, 0.2) is 70.6 Å². The lowest BCUT2D eigenvalue weighted by molar-refractivity contribution is -0.144. The summed E-state index contributed by atoms with van der Waals surface area (Å²) in [5.74, 6) is -0.338. The number of H-pyrrole nitrogens is 1. The van der Waals surface area contributed by atoms with E-state index in [-0.39, 0.29) is 16.4 Å². The first-order valence-corrected chi connectivity index (χ1v) is 11.9. The second-order valence-electron chi connectivity index (χ2n) is 8.05. The van der Waals surface area contributed by atoms with Crippen molar-refractivity contribution >= 4 is 32.2 Å². The number of sulfone groups is 1. The number of amides is 1. The molecule has 3 atom stereocenters. The van der Waals surface area contributed by atoms with Gasteiger partial charge in [0.05, 0.1) is 10.9 Å². The van der Waals surface area contributed by atoms with Crippen LogP contribution in [0.4, 0.5) is 0 Å². The van der Waals surface area contributed by atoms with Gasteiger partial charge in [-0.15, -0.1) is 0 Å². The van der Waals surface area contributed by atoms with Crippen molar-refractivity contribution in [2.45, 2.75) is 18.2 Å². The lowest BCUT2D eigenvalue weighted by atomic mass is 9.88. The highest BCUT2D eigenvalue weighted by molar-refractivity contribution is 7.94. The van der Waals surface area contributed by atoms with Gasteiger partial charge in [0, 0.05) is 36.6 Å². The van der Waals surface area contributed by atoms with Gasteiger partial charge in [-0.25, -0.2) is 8.42 Å². The van der Waals surface area contributed by atoms with Crippen LogP contribution in [-0.2, 0) is 26.4 Å². The van der Waals surface area contributed by atoms with E-state index in [1.165, 1.54) is 10.6 Å². The number of ether oxygens (including phenoxy) is 1. The van der Waals surface area contributed by atoms with Crippen LogP contribution in [0.1, 0.15) is 17.2 Å². The highest BCUT2D eigenvalue weighted by atomic mass is 32.2. The highest BCUT2D eigenvalue weighted by Crippen LogP contribution is 2.38. The summed E-state index contributed by atoms with van der Waals surface area (Å²) in [4.78, 5) is 28.4. The van der Waals surface area contributed by atoms with Crippen LogP contribution >= 0.6 is 0 Å². The van der Waals surface area contributed by atoms with Crippen molar-refractivity contribution < 1.29 is 17.9 Å². The molecule has 0 spiro atoms. The number of pyridine rings is 1. The molecule has 1 fully saturated rings. The lowest BCUT2D eigenvalue weighted by Crippen LogP contribution is -2.53. The van der Waals surface area contributed by atoms with Crippen LogP contribution in [-0.4, -0.2) is 42.3 Å². The molecule has 5 rings (SSSR count). The molecule has 1 aromatic carbocycles. The van der Waals surface area contributed by atoms with E-state index in [1.54, 1.807) is 31.6 Å². The Labute approximate surface area is 184 Å². The largest absolute Gasteiger partial charge is 0.357 e. The zero-order valence-electron chi connectivity index (χ0n) is 17.4. The van der Waals surface area contributed by atoms with Gasteiger partial charge in [0.15, 0.2) is 15.9 Å². The molecule has 0 bridgehead atoms. The molecule has 1 aliphatic carbocycles. The first kappa shape index (κ1) is 20.5. The van der Waals surface area contributed by atoms with Gasteiger partial charge in [-0.05, 0) is 29.4 Å². The molecule has 2 aromatic heterocycles. The fourth-order valence-electron chi connectivity index (χ4n) is 4.28. The second kappa shape index (κ2) is 7.32. The Morgan fingerprint density at radius 3 is 2.56 bits per heavy atom. The van der Waals surface area contributed by atoms with E-state index in [4.69, 9.17) is 4.74 Å². The summed E-state index contributed by atoms with van der Waals surface area (Å²) >= 11 is 0. The Bertz CT molecular complexity index is 1460. The average molecular weight is 452 g/mol. The average Bonchev–Trinajstić information content (AvgIpc) is 3.25. The van der Waals surface area contributed by atoms with E-state index < -0.39 is 28.1 Å². The molecule has 1 aliphatic heterocycles. The third-order valence-corrected chi connectivity index (χ3v) is 6.95. The van der Waals surface area contributed by atoms with Crippen LogP contribution in [0.5, 0.6) is 0 Å². The van der Waals surface area contributed by atoms with E-state index in [0.29, 0.717) is 27.6 Å². The number of morpholine rings is 1. The number of rotatable bonds is 3. The predicted molar refractivity (Wildman–Crippen MR) is 120 cm³/mol. The number of fused-ring (bicyclic) bond motifs is 2. The molecule has 9 heteroatoms. The maximum absolute atomic E-state index is 12.8. The number of aryl methyl sites for hydroxylation is 1. The van der Waals surface area contributed by atoms with Crippen LogP contribution in [0.2, 0.25) is 0 Å². The summed E-state index contributed by atoms with van der Waals surface area (Å²) in [6, 6.07) is 10.2. The monoisotopic (exact) mass is 451 g/mol. The zero-order chi connectivity index (χ0) is 22.6. The topological polar surface area (TPSA) is 110 Å². The van der Waals surface area contributed by atoms with Crippen molar-refractivity contribution in [2.24, 2.45) is 7.05 Å². The Hall–Kier alpha value is -3.43. The first-order chi connectivity index (χ1) is 15.2. The number of aromatic nitrogens is 2. The molecular weight excluding hydrogens is 430 g/mol. The van der Waals surface area contributed by atoms with Crippen LogP contribution < -0.4 is 10.9 Å². The number of nitrogens with zero attached hydrogens (tertiary/aromatic N) is 1. The number of carbonyl (C=O) groups excluding carboxylic acids is 1. The summed E-state index contributed by atoms with van der Waals surface area (Å²) in [6.45, 7) is 0. The molecule has 3 heterocycles. The van der Waals surface area contributed by atoms with E-state index in [0.717, 1.165) is 6.26 Å². The first-order valence-electron chi connectivity index (χ1n) is 10.1. The van der Waals surface area contributed by atoms with Gasteiger partial charge in [0.1, 0.15) is 11.6 Å². The Kier molecular flexibility index (Phi) is 4.68. The minimum atomic E-state index is -3.56. The zero-order valence-corrected chi connectivity index (χ0v) is 18.2. The molecule has 2 N–H and O–H groups in total. The standard InChI is InChI=1S/C23H21N3O5S/c1-26-12-17(15-8-9-24-19(15)23(26)28)16-10-14(32(2,29)30)11-18-21(16)31-20(22(27)25-18)13-6-4-3-5-7-13/h3-12,18,20-21,24H,1-2H3,(H,25,27). The molecule has 8 nitrogen and oxygen atoms in total. The van der Waals surface area contributed by atoms with Gasteiger partial charge < -0.3 is 19.6 Å². The summed E-state index contributed by atoms with van der Waals surface area (Å²) in [7, 11) is -1.92. The quantitative estimate of drug-likeness (QED) is 0.631. The minimum absolute atomic E-state index is 0.0911. The Balaban J connectivity index is 1.69. The van der Waals surface area contributed by atoms with Gasteiger partial charge in [-0.2, -0.15) is 0 Å². The molecule has 2 aliphatic rings. The fraction of sp³-hybridized carbons (Fsp3) is 0.217. The number of benzene rings is 1. The fourth-order valence-corrected chi connectivity index (χ4v) is 5.02. The smallest absolute Gasteiger partial charge is 0.274 e. The van der Waals surface area contributed by atoms with Gasteiger partial charge in [0.2, 0.25) is 0 Å². The van der Waals surface area contributed by atoms with Crippen molar-refractivity contribution in [1.29, 1.82) is 0 Å². The molecule has 0 saturated carbocycles. The number of nitrogens with one attached hydrogen (secondary N) is 2. The summed E-state index contributed by atoms with van der Waals surface area (Å²) < 4.78 is 32.6. The predicted octanol–water partition coefficient (Wildman–Crippen LogP) is 1.82. The van der Waals surface area contributed by atoms with Crippen molar-refractivity contribution in [3.05, 3.63) is 87.3 Å². The van der Waals surface area contributed by atoms with E-state index in [1.807, 2.05) is 30.3 Å². The van der Waals surface area contributed by atoms with Crippen molar-refractivity contribution in [2.75, 3.05) is 6.26 Å². The number of hydrogen-bond donors (Lipinski definition) is 2. The van der Waals surface area contributed by atoms with Gasteiger partial charge in [-0.1, -0.05) is 30.3 Å². The van der Waals surface area contributed by atoms with Crippen molar-refractivity contribution in [1.82, 2.24) is 14.9 Å². The maximum Gasteiger partial charge on any atom is 0.274 e. The number of hydrogen-bond acceptors (Lipinski definition) is 5. The third-order valence-electron chi connectivity index (χ3n) is 5.84. The molecular formula is C23H21N3O5S. The summed E-state index contributed by atoms with van der Waals surface area (Å²) in [6.07, 6.45) is 6.06. The second-order valence-corrected chi connectivity index (χ2v) is 10.1. The third kappa shape index (κ3) is 3.30. The van der Waals surface area contributed by atoms with E-state index in [2.05, 4.69) is 10.3 Å². The number of allylic oxidation sites excluding steroid dienone is 1. The van der Waals surface area contributed by atoms with Crippen LogP contribution in [0.25, 0.3) is 16.5 Å². The molecule has 3 unspecified atom stereocenters. The molecule has 1 saturated heterocycles. The highest BCUT2D eigenvalue weighted by Gasteiger charge is 2.41. The normalized spacial score (nSPS) is 23.3. The lowest BCUT2D eigenvalue weighted by Gasteiger charge is -2.39. The van der Waals surface area contributed by atoms with Gasteiger partial charge >= 0.3 is 0 Å². The molecule has 1 amide bonds. The SMILES string of the molecule is Cn1cc(C2=CC(S(C)(=O)=O)=CC3NC(=O)C(c4ccccc4)OC23)c2cc[nH]c2c1=O. The minimum Gasteiger partial charge on any atom is -0.357 e. The Morgan fingerprint density at radius 2 is 1.84 bits per heavy atom. The molecule has 32 heavy (non-hydrogen) atoms. The molecule has 0 radical (unpaired) electrons. The van der Waals surface area contributed by atoms with Crippen LogP contribution in [0.3, 0.4) is 0 Å². The molecule has 3 aromatic rings. The molecule has 164 valence electrons. The van der Waals surface area contributed by atoms with Gasteiger partial charge in [0.25, 0.3) is 11.5 Å². The number of carbonyl (C=O) groups is 1. The van der Waals surface area contributed by atoms with E-state index in [9.17, 15) is 18.0 Å².